The zero-order valence-electron chi connectivity index (χ0n) is 14.7. The van der Waals surface area contributed by atoms with Crippen molar-refractivity contribution in [3.05, 3.63) is 60.9 Å². The minimum absolute atomic E-state index is 0.0164. The fourth-order valence-corrected chi connectivity index (χ4v) is 2.53. The number of benzene rings is 2. The molecule has 1 heterocycles. The Balaban J connectivity index is 1.71. The Morgan fingerprint density at radius 1 is 1.00 bits per heavy atom. The topological polar surface area (TPSA) is 55.1 Å². The molecule has 4 nitrogen and oxygen atoms in total. The second kappa shape index (κ2) is 6.93. The molecule has 3 rings (SSSR count). The summed E-state index contributed by atoms with van der Waals surface area (Å²) < 4.78 is 5.59. The average molecular weight is 334 g/mol. The first kappa shape index (κ1) is 17.0. The van der Waals surface area contributed by atoms with Crippen molar-refractivity contribution in [3.8, 4) is 22.7 Å². The highest BCUT2D eigenvalue weighted by atomic mass is 16.3. The van der Waals surface area contributed by atoms with Gasteiger partial charge in [0.25, 0.3) is 0 Å². The predicted molar refractivity (Wildman–Crippen MR) is 100 cm³/mol. The van der Waals surface area contributed by atoms with E-state index in [1.165, 1.54) is 0 Å². The Morgan fingerprint density at radius 3 is 2.32 bits per heavy atom. The molecule has 0 saturated heterocycles. The summed E-state index contributed by atoms with van der Waals surface area (Å²) >= 11 is 0. The third-order valence-corrected chi connectivity index (χ3v) is 3.68. The van der Waals surface area contributed by atoms with E-state index in [1.807, 2.05) is 75.4 Å². The molecule has 0 aliphatic rings. The fourth-order valence-electron chi connectivity index (χ4n) is 2.53. The van der Waals surface area contributed by atoms with E-state index in [9.17, 15) is 4.79 Å². The first-order valence-electron chi connectivity index (χ1n) is 8.32. The number of amides is 1. The highest BCUT2D eigenvalue weighted by Gasteiger charge is 2.16. The molecule has 2 aromatic carbocycles. The van der Waals surface area contributed by atoms with Crippen LogP contribution in [0.2, 0.25) is 0 Å². The number of oxazole rings is 1. The Hall–Kier alpha value is -2.88. The summed E-state index contributed by atoms with van der Waals surface area (Å²) in [6, 6.07) is 17.4. The summed E-state index contributed by atoms with van der Waals surface area (Å²) in [7, 11) is 0. The second-order valence-corrected chi connectivity index (χ2v) is 7.27. The fraction of sp³-hybridized carbons (Fsp3) is 0.238. The van der Waals surface area contributed by atoms with Crippen LogP contribution in [-0.4, -0.2) is 10.9 Å². The molecule has 0 fully saturated rings. The summed E-state index contributed by atoms with van der Waals surface area (Å²) in [6.45, 7) is 6.13. The lowest BCUT2D eigenvalue weighted by Crippen LogP contribution is -2.19. The molecule has 0 saturated carbocycles. The summed E-state index contributed by atoms with van der Waals surface area (Å²) in [5.74, 6) is 0.578. The Kier molecular flexibility index (Phi) is 4.70. The highest BCUT2D eigenvalue weighted by Crippen LogP contribution is 2.26. The van der Waals surface area contributed by atoms with Crippen LogP contribution in [0.5, 0.6) is 0 Å². The van der Waals surface area contributed by atoms with Gasteiger partial charge in [0.05, 0.1) is 0 Å². The molecule has 1 aromatic heterocycles. The SMILES string of the molecule is CC(C)(C)CC(=O)Nc1ccc(-c2nc(-c3ccccc3)co2)cc1. The van der Waals surface area contributed by atoms with Gasteiger partial charge in [-0.05, 0) is 29.7 Å². The lowest BCUT2D eigenvalue weighted by atomic mass is 9.92. The molecular weight excluding hydrogens is 312 g/mol. The number of carbonyl (C=O) groups is 1. The smallest absolute Gasteiger partial charge is 0.226 e. The maximum Gasteiger partial charge on any atom is 0.226 e. The van der Waals surface area contributed by atoms with Gasteiger partial charge >= 0.3 is 0 Å². The van der Waals surface area contributed by atoms with Crippen LogP contribution in [0.3, 0.4) is 0 Å². The third kappa shape index (κ3) is 4.57. The molecular formula is C21H22N2O2. The van der Waals surface area contributed by atoms with Gasteiger partial charge in [0.2, 0.25) is 11.8 Å². The Bertz CT molecular complexity index is 844. The molecule has 0 aliphatic carbocycles. The monoisotopic (exact) mass is 334 g/mol. The van der Waals surface area contributed by atoms with Crippen LogP contribution in [0.4, 0.5) is 5.69 Å². The van der Waals surface area contributed by atoms with E-state index < -0.39 is 0 Å². The average Bonchev–Trinajstić information content (AvgIpc) is 3.04. The van der Waals surface area contributed by atoms with Gasteiger partial charge < -0.3 is 9.73 Å². The molecule has 1 amide bonds. The number of nitrogens with zero attached hydrogens (tertiary/aromatic N) is 1. The van der Waals surface area contributed by atoms with E-state index >= 15 is 0 Å². The van der Waals surface area contributed by atoms with Crippen molar-refractivity contribution in [2.45, 2.75) is 27.2 Å². The molecule has 3 aromatic rings. The van der Waals surface area contributed by atoms with Crippen molar-refractivity contribution in [1.29, 1.82) is 0 Å². The number of aromatic nitrogens is 1. The van der Waals surface area contributed by atoms with Crippen molar-refractivity contribution in [2.24, 2.45) is 5.41 Å². The number of hydrogen-bond donors (Lipinski definition) is 1. The quantitative estimate of drug-likeness (QED) is 0.696. The minimum atomic E-state index is -0.0318. The largest absolute Gasteiger partial charge is 0.444 e. The van der Waals surface area contributed by atoms with Gasteiger partial charge in [-0.3, -0.25) is 4.79 Å². The molecule has 25 heavy (non-hydrogen) atoms. The molecule has 0 atom stereocenters. The number of anilines is 1. The van der Waals surface area contributed by atoms with Crippen molar-refractivity contribution in [3.63, 3.8) is 0 Å². The van der Waals surface area contributed by atoms with Crippen LogP contribution < -0.4 is 5.32 Å². The van der Waals surface area contributed by atoms with E-state index in [4.69, 9.17) is 4.42 Å². The molecule has 128 valence electrons. The van der Waals surface area contributed by atoms with Crippen LogP contribution >= 0.6 is 0 Å². The second-order valence-electron chi connectivity index (χ2n) is 7.27. The summed E-state index contributed by atoms with van der Waals surface area (Å²) in [4.78, 5) is 16.5. The number of nitrogens with one attached hydrogen (secondary N) is 1. The van der Waals surface area contributed by atoms with E-state index in [-0.39, 0.29) is 11.3 Å². The highest BCUT2D eigenvalue weighted by molar-refractivity contribution is 5.91. The van der Waals surface area contributed by atoms with E-state index in [2.05, 4.69) is 10.3 Å². The number of rotatable bonds is 4. The number of carbonyl (C=O) groups excluding carboxylic acids is 1. The Morgan fingerprint density at radius 2 is 1.68 bits per heavy atom. The van der Waals surface area contributed by atoms with Gasteiger partial charge in [0.1, 0.15) is 12.0 Å². The standard InChI is InChI=1S/C21H22N2O2/c1-21(2,3)13-19(24)22-17-11-9-16(10-12-17)20-23-18(14-25-20)15-7-5-4-6-8-15/h4-12,14H,13H2,1-3H3,(H,22,24). The molecule has 0 spiro atoms. The van der Waals surface area contributed by atoms with E-state index in [0.717, 1.165) is 22.5 Å². The van der Waals surface area contributed by atoms with Gasteiger partial charge in [-0.25, -0.2) is 4.98 Å². The van der Waals surface area contributed by atoms with Crippen LogP contribution in [0.1, 0.15) is 27.2 Å². The molecule has 4 heteroatoms. The van der Waals surface area contributed by atoms with Gasteiger partial charge in [-0.2, -0.15) is 0 Å². The molecule has 0 aliphatic heterocycles. The zero-order valence-corrected chi connectivity index (χ0v) is 14.7. The van der Waals surface area contributed by atoms with Gasteiger partial charge in [-0.15, -0.1) is 0 Å². The molecule has 0 bridgehead atoms. The van der Waals surface area contributed by atoms with E-state index in [1.54, 1.807) is 6.26 Å². The van der Waals surface area contributed by atoms with E-state index in [0.29, 0.717) is 12.3 Å². The van der Waals surface area contributed by atoms with Crippen LogP contribution in [0.15, 0.2) is 65.3 Å². The zero-order chi connectivity index (χ0) is 17.9. The summed E-state index contributed by atoms with van der Waals surface area (Å²) in [6.07, 6.45) is 2.14. The van der Waals surface area contributed by atoms with Crippen molar-refractivity contribution < 1.29 is 9.21 Å². The Labute approximate surface area is 147 Å². The van der Waals surface area contributed by atoms with Gasteiger partial charge in [-0.1, -0.05) is 51.1 Å². The number of hydrogen-bond acceptors (Lipinski definition) is 3. The normalized spacial score (nSPS) is 11.3. The maximum absolute atomic E-state index is 12.0. The maximum atomic E-state index is 12.0. The van der Waals surface area contributed by atoms with Crippen LogP contribution in [0.25, 0.3) is 22.7 Å². The summed E-state index contributed by atoms with van der Waals surface area (Å²) in [5, 5.41) is 2.92. The predicted octanol–water partition coefficient (Wildman–Crippen LogP) is 5.38. The van der Waals surface area contributed by atoms with Gasteiger partial charge in [0, 0.05) is 23.2 Å². The first-order chi connectivity index (χ1) is 11.9. The third-order valence-electron chi connectivity index (χ3n) is 3.68. The first-order valence-corrected chi connectivity index (χ1v) is 8.32. The summed E-state index contributed by atoms with van der Waals surface area (Å²) in [5.41, 5.74) is 3.43. The van der Waals surface area contributed by atoms with Crippen LogP contribution in [-0.2, 0) is 4.79 Å². The lowest BCUT2D eigenvalue weighted by molar-refractivity contribution is -0.117. The molecule has 0 radical (unpaired) electrons. The van der Waals surface area contributed by atoms with Crippen molar-refractivity contribution in [1.82, 2.24) is 4.98 Å². The van der Waals surface area contributed by atoms with Gasteiger partial charge in [0.15, 0.2) is 0 Å². The lowest BCUT2D eigenvalue weighted by Gasteiger charge is -2.17. The van der Waals surface area contributed by atoms with Crippen molar-refractivity contribution in [2.75, 3.05) is 5.32 Å². The van der Waals surface area contributed by atoms with Crippen LogP contribution in [0, 0.1) is 5.41 Å². The molecule has 0 unspecified atom stereocenters. The van der Waals surface area contributed by atoms with Crippen molar-refractivity contribution >= 4 is 11.6 Å². The minimum Gasteiger partial charge on any atom is -0.444 e. The molecule has 1 N–H and O–H groups in total.